The first-order valence-electron chi connectivity index (χ1n) is 7.46. The summed E-state index contributed by atoms with van der Waals surface area (Å²) in [5.74, 6) is -1.14. The normalized spacial score (nSPS) is 19.4. The van der Waals surface area contributed by atoms with Gasteiger partial charge in [0.2, 0.25) is 11.8 Å². The summed E-state index contributed by atoms with van der Waals surface area (Å²) in [4.78, 5) is 45.3. The molecule has 0 spiro atoms. The van der Waals surface area contributed by atoms with Crippen LogP contribution in [0.25, 0.3) is 0 Å². The molecule has 0 saturated carbocycles. The van der Waals surface area contributed by atoms with Gasteiger partial charge in [0, 0.05) is 24.3 Å². The summed E-state index contributed by atoms with van der Waals surface area (Å²) in [6.45, 7) is 0. The smallest absolute Gasteiger partial charge is 0.269 e. The van der Waals surface area contributed by atoms with Gasteiger partial charge >= 0.3 is 0 Å². The molecule has 10 heteroatoms. The van der Waals surface area contributed by atoms with Gasteiger partial charge in [-0.05, 0) is 11.1 Å². The van der Waals surface area contributed by atoms with Gasteiger partial charge in [0.05, 0.1) is 9.85 Å². The second kappa shape index (κ2) is 6.59. The van der Waals surface area contributed by atoms with E-state index in [1.54, 1.807) is 0 Å². The van der Waals surface area contributed by atoms with E-state index in [1.807, 2.05) is 0 Å². The third kappa shape index (κ3) is 3.20. The molecule has 2 N–H and O–H groups in total. The number of carbonyl (C=O) groups is 2. The van der Waals surface area contributed by atoms with Crippen molar-refractivity contribution in [3.05, 3.63) is 79.9 Å². The molecule has 26 heavy (non-hydrogen) atoms. The summed E-state index contributed by atoms with van der Waals surface area (Å²) in [5, 5.41) is 26.7. The lowest BCUT2D eigenvalue weighted by molar-refractivity contribution is -0.385. The fraction of sp³-hybridized carbons (Fsp3) is 0.125. The number of nitro groups is 2. The largest absolute Gasteiger partial charge is 0.338 e. The Balaban J connectivity index is 1.86. The van der Waals surface area contributed by atoms with Crippen LogP contribution in [0.1, 0.15) is 23.2 Å². The summed E-state index contributed by atoms with van der Waals surface area (Å²) in [6, 6.07) is 8.61. The van der Waals surface area contributed by atoms with Gasteiger partial charge < -0.3 is 10.6 Å². The number of nitro benzene ring substituents is 2. The van der Waals surface area contributed by atoms with Gasteiger partial charge in [-0.2, -0.15) is 0 Å². The van der Waals surface area contributed by atoms with E-state index in [0.29, 0.717) is 0 Å². The molecular weight excluding hydrogens is 344 g/mol. The molecule has 2 aromatic rings. The van der Waals surface area contributed by atoms with Crippen LogP contribution in [0.15, 0.2) is 48.5 Å². The number of carbonyl (C=O) groups excluding carboxylic acids is 2. The van der Waals surface area contributed by atoms with Crippen LogP contribution in [0, 0.1) is 20.2 Å². The number of nitrogens with one attached hydrogen (secondary N) is 2. The highest BCUT2D eigenvalue weighted by Crippen LogP contribution is 2.26. The number of amides is 2. The molecule has 2 unspecified atom stereocenters. The number of non-ortho nitro benzene ring substituents is 2. The van der Waals surface area contributed by atoms with Gasteiger partial charge in [0.15, 0.2) is 0 Å². The molecule has 132 valence electrons. The topological polar surface area (TPSA) is 144 Å². The van der Waals surface area contributed by atoms with E-state index in [2.05, 4.69) is 10.6 Å². The van der Waals surface area contributed by atoms with Crippen LogP contribution < -0.4 is 10.6 Å². The Bertz CT molecular complexity index is 853. The minimum atomic E-state index is -1.09. The lowest BCUT2D eigenvalue weighted by atomic mass is 9.98. The monoisotopic (exact) mass is 356 g/mol. The van der Waals surface area contributed by atoms with Crippen LogP contribution >= 0.6 is 0 Å². The van der Waals surface area contributed by atoms with E-state index in [0.717, 1.165) is 0 Å². The zero-order valence-electron chi connectivity index (χ0n) is 13.1. The van der Waals surface area contributed by atoms with Crippen molar-refractivity contribution >= 4 is 23.2 Å². The summed E-state index contributed by atoms with van der Waals surface area (Å²) >= 11 is 0. The van der Waals surface area contributed by atoms with Crippen LogP contribution in [-0.4, -0.2) is 21.7 Å². The first kappa shape index (κ1) is 17.0. The average molecular weight is 356 g/mol. The molecule has 0 aliphatic carbocycles. The standard InChI is InChI=1S/C16H12N4O6/c21-15-13(9-3-1-5-11(7-9)19(23)24)17-16(22)14(18-15)10-4-2-6-12(8-10)20(25)26/h1-8,13-14H,(H,17,22)(H,18,21). The summed E-state index contributed by atoms with van der Waals surface area (Å²) in [6.07, 6.45) is 0. The second-order valence-corrected chi connectivity index (χ2v) is 5.59. The number of hydrogen-bond acceptors (Lipinski definition) is 6. The Morgan fingerprint density at radius 2 is 1.12 bits per heavy atom. The maximum Gasteiger partial charge on any atom is 0.269 e. The molecular formula is C16H12N4O6. The molecule has 2 aromatic carbocycles. The SMILES string of the molecule is O=C1NC(c2cccc([N+](=O)[O-])c2)C(=O)NC1c1cccc([N+](=O)[O-])c1. The zero-order valence-corrected chi connectivity index (χ0v) is 13.1. The Labute approximate surface area is 146 Å². The van der Waals surface area contributed by atoms with Crippen LogP contribution in [-0.2, 0) is 9.59 Å². The van der Waals surface area contributed by atoms with E-state index < -0.39 is 33.7 Å². The van der Waals surface area contributed by atoms with Gasteiger partial charge in [-0.1, -0.05) is 24.3 Å². The quantitative estimate of drug-likeness (QED) is 0.628. The minimum Gasteiger partial charge on any atom is -0.338 e. The Hall–Kier alpha value is -3.82. The van der Waals surface area contributed by atoms with E-state index in [-0.39, 0.29) is 22.5 Å². The molecule has 0 radical (unpaired) electrons. The highest BCUT2D eigenvalue weighted by atomic mass is 16.6. The molecule has 1 aliphatic heterocycles. The fourth-order valence-electron chi connectivity index (χ4n) is 2.69. The molecule has 3 rings (SSSR count). The van der Waals surface area contributed by atoms with Gasteiger partial charge in [-0.25, -0.2) is 0 Å². The molecule has 1 fully saturated rings. The maximum atomic E-state index is 12.4. The highest BCUT2D eigenvalue weighted by molar-refractivity contribution is 5.98. The number of rotatable bonds is 4. The van der Waals surface area contributed by atoms with Crippen LogP contribution in [0.3, 0.4) is 0 Å². The summed E-state index contributed by atoms with van der Waals surface area (Å²) in [5.41, 5.74) is 0.126. The molecule has 0 aromatic heterocycles. The molecule has 2 atom stereocenters. The first-order valence-corrected chi connectivity index (χ1v) is 7.46. The van der Waals surface area contributed by atoms with Crippen molar-refractivity contribution in [1.82, 2.24) is 10.6 Å². The number of hydrogen-bond donors (Lipinski definition) is 2. The minimum absolute atomic E-state index is 0.203. The predicted octanol–water partition coefficient (Wildman–Crippen LogP) is 1.53. The number of nitrogens with zero attached hydrogens (tertiary/aromatic N) is 2. The van der Waals surface area contributed by atoms with Gasteiger partial charge in [0.25, 0.3) is 11.4 Å². The number of benzene rings is 2. The lowest BCUT2D eigenvalue weighted by Gasteiger charge is -2.29. The zero-order chi connectivity index (χ0) is 18.8. The molecule has 1 aliphatic rings. The second-order valence-electron chi connectivity index (χ2n) is 5.59. The highest BCUT2D eigenvalue weighted by Gasteiger charge is 2.36. The van der Waals surface area contributed by atoms with E-state index in [4.69, 9.17) is 0 Å². The van der Waals surface area contributed by atoms with E-state index in [1.165, 1.54) is 48.5 Å². The van der Waals surface area contributed by atoms with Crippen molar-refractivity contribution in [3.8, 4) is 0 Å². The third-order valence-corrected chi connectivity index (χ3v) is 3.93. The number of piperazine rings is 1. The third-order valence-electron chi connectivity index (χ3n) is 3.93. The Morgan fingerprint density at radius 1 is 0.731 bits per heavy atom. The van der Waals surface area contributed by atoms with Crippen LogP contribution in [0.4, 0.5) is 11.4 Å². The Morgan fingerprint density at radius 3 is 1.46 bits per heavy atom. The van der Waals surface area contributed by atoms with Crippen molar-refractivity contribution in [3.63, 3.8) is 0 Å². The molecule has 2 amide bonds. The average Bonchev–Trinajstić information content (AvgIpc) is 2.63. The van der Waals surface area contributed by atoms with Crippen LogP contribution in [0.5, 0.6) is 0 Å². The van der Waals surface area contributed by atoms with Gasteiger partial charge in [0.1, 0.15) is 12.1 Å². The summed E-state index contributed by atoms with van der Waals surface area (Å²) in [7, 11) is 0. The molecule has 1 saturated heterocycles. The first-order chi connectivity index (χ1) is 12.4. The van der Waals surface area contributed by atoms with Crippen molar-refractivity contribution in [2.75, 3.05) is 0 Å². The van der Waals surface area contributed by atoms with E-state index >= 15 is 0 Å². The van der Waals surface area contributed by atoms with Crippen molar-refractivity contribution in [2.45, 2.75) is 12.1 Å². The van der Waals surface area contributed by atoms with Gasteiger partial charge in [-0.15, -0.1) is 0 Å². The van der Waals surface area contributed by atoms with Crippen molar-refractivity contribution in [2.24, 2.45) is 0 Å². The van der Waals surface area contributed by atoms with Crippen LogP contribution in [0.2, 0.25) is 0 Å². The van der Waals surface area contributed by atoms with Crippen molar-refractivity contribution in [1.29, 1.82) is 0 Å². The Kier molecular flexibility index (Phi) is 4.31. The maximum absolute atomic E-state index is 12.4. The van der Waals surface area contributed by atoms with Crippen molar-refractivity contribution < 1.29 is 19.4 Å². The predicted molar refractivity (Wildman–Crippen MR) is 88.0 cm³/mol. The fourth-order valence-corrected chi connectivity index (χ4v) is 2.69. The summed E-state index contributed by atoms with van der Waals surface area (Å²) < 4.78 is 0. The molecule has 0 bridgehead atoms. The molecule has 10 nitrogen and oxygen atoms in total. The molecule has 1 heterocycles. The van der Waals surface area contributed by atoms with Gasteiger partial charge in [-0.3, -0.25) is 29.8 Å². The van der Waals surface area contributed by atoms with E-state index in [9.17, 15) is 29.8 Å². The lowest BCUT2D eigenvalue weighted by Crippen LogP contribution is -2.52.